The van der Waals surface area contributed by atoms with Crippen molar-refractivity contribution in [3.05, 3.63) is 52.9 Å². The number of hydrogen-bond donors (Lipinski definition) is 2. The Kier molecular flexibility index (Phi) is 11.5. The number of carbonyl (C=O) groups is 1. The third-order valence-electron chi connectivity index (χ3n) is 4.92. The summed E-state index contributed by atoms with van der Waals surface area (Å²) < 4.78 is 5.44. The monoisotopic (exact) mass is 527 g/mol. The molecule has 0 bridgehead atoms. The van der Waals surface area contributed by atoms with Crippen molar-refractivity contribution in [2.45, 2.75) is 45.6 Å². The summed E-state index contributed by atoms with van der Waals surface area (Å²) in [6.45, 7) is 5.56. The molecular weight excluding hydrogens is 493 g/mol. The first-order chi connectivity index (χ1) is 14.0. The maximum absolute atomic E-state index is 12.1. The summed E-state index contributed by atoms with van der Waals surface area (Å²) in [7, 11) is 5.25. The number of nitrogens with zero attached hydrogens (tertiary/aromatic N) is 3. The number of halogens is 1. The van der Waals surface area contributed by atoms with Crippen LogP contribution in [0.2, 0.25) is 0 Å². The Morgan fingerprint density at radius 2 is 1.93 bits per heavy atom. The van der Waals surface area contributed by atoms with Gasteiger partial charge in [-0.05, 0) is 37.0 Å². The molecule has 0 fully saturated rings. The highest BCUT2D eigenvalue weighted by Gasteiger charge is 2.13. The van der Waals surface area contributed by atoms with Gasteiger partial charge in [0.05, 0.1) is 12.2 Å². The SMILES string of the molecule is CCC(CC)c1cc(CNC(=NC)NCCc2cccc(C(=O)N(C)C)c2)on1.I. The van der Waals surface area contributed by atoms with Gasteiger partial charge in [0.15, 0.2) is 11.7 Å². The lowest BCUT2D eigenvalue weighted by Gasteiger charge is -2.12. The smallest absolute Gasteiger partial charge is 0.253 e. The fourth-order valence-corrected chi connectivity index (χ4v) is 3.15. The van der Waals surface area contributed by atoms with E-state index >= 15 is 0 Å². The maximum atomic E-state index is 12.1. The zero-order valence-electron chi connectivity index (χ0n) is 18.6. The quantitative estimate of drug-likeness (QED) is 0.295. The summed E-state index contributed by atoms with van der Waals surface area (Å²) in [5.74, 6) is 1.95. The summed E-state index contributed by atoms with van der Waals surface area (Å²) in [6, 6.07) is 9.74. The van der Waals surface area contributed by atoms with E-state index in [4.69, 9.17) is 4.52 Å². The first-order valence-corrected chi connectivity index (χ1v) is 10.2. The molecule has 7 nitrogen and oxygen atoms in total. The van der Waals surface area contributed by atoms with E-state index in [2.05, 4.69) is 34.6 Å². The second kappa shape index (κ2) is 13.3. The molecule has 0 aliphatic heterocycles. The molecular formula is C22H34IN5O2. The van der Waals surface area contributed by atoms with Gasteiger partial charge >= 0.3 is 0 Å². The number of carbonyl (C=O) groups excluding carboxylic acids is 1. The van der Waals surface area contributed by atoms with Crippen LogP contribution < -0.4 is 10.6 Å². The highest BCUT2D eigenvalue weighted by atomic mass is 127. The van der Waals surface area contributed by atoms with Gasteiger partial charge in [0, 0.05) is 45.2 Å². The van der Waals surface area contributed by atoms with E-state index in [0.29, 0.717) is 30.5 Å². The van der Waals surface area contributed by atoms with Crippen molar-refractivity contribution in [1.82, 2.24) is 20.7 Å². The summed E-state index contributed by atoms with van der Waals surface area (Å²) >= 11 is 0. The van der Waals surface area contributed by atoms with E-state index in [-0.39, 0.29) is 29.9 Å². The molecule has 0 saturated carbocycles. The van der Waals surface area contributed by atoms with Crippen LogP contribution in [0.4, 0.5) is 0 Å². The van der Waals surface area contributed by atoms with E-state index in [1.165, 1.54) is 0 Å². The Morgan fingerprint density at radius 1 is 1.20 bits per heavy atom. The summed E-state index contributed by atoms with van der Waals surface area (Å²) in [5, 5.41) is 10.7. The van der Waals surface area contributed by atoms with Crippen molar-refractivity contribution >= 4 is 35.8 Å². The van der Waals surface area contributed by atoms with E-state index in [0.717, 1.165) is 36.3 Å². The van der Waals surface area contributed by atoms with E-state index in [1.54, 1.807) is 26.0 Å². The average molecular weight is 527 g/mol. The van der Waals surface area contributed by atoms with Gasteiger partial charge in [-0.15, -0.1) is 24.0 Å². The maximum Gasteiger partial charge on any atom is 0.253 e. The molecule has 0 atom stereocenters. The van der Waals surface area contributed by atoms with Gasteiger partial charge in [0.1, 0.15) is 0 Å². The first-order valence-electron chi connectivity index (χ1n) is 10.2. The lowest BCUT2D eigenvalue weighted by atomic mass is 9.99. The molecule has 1 aromatic heterocycles. The third-order valence-corrected chi connectivity index (χ3v) is 4.92. The van der Waals surface area contributed by atoms with Crippen LogP contribution in [0.5, 0.6) is 0 Å². The molecule has 0 unspecified atom stereocenters. The standard InChI is InChI=1S/C22H33N5O2.HI/c1-6-17(7-2)20-14-19(29-26-20)15-25-22(23-3)24-12-11-16-9-8-10-18(13-16)21(28)27(4)5;/h8-10,13-14,17H,6-7,11-12,15H2,1-5H3,(H2,23,24,25);1H. The van der Waals surface area contributed by atoms with E-state index in [9.17, 15) is 4.79 Å². The van der Waals surface area contributed by atoms with Crippen molar-refractivity contribution in [3.63, 3.8) is 0 Å². The van der Waals surface area contributed by atoms with Crippen LogP contribution in [0.25, 0.3) is 0 Å². The van der Waals surface area contributed by atoms with Crippen LogP contribution in [0.15, 0.2) is 39.8 Å². The fraction of sp³-hybridized carbons (Fsp3) is 0.500. The number of aliphatic imine (C=N–C) groups is 1. The lowest BCUT2D eigenvalue weighted by Crippen LogP contribution is -2.37. The molecule has 1 amide bonds. The normalized spacial score (nSPS) is 11.2. The molecule has 0 saturated heterocycles. The van der Waals surface area contributed by atoms with Gasteiger partial charge in [0.2, 0.25) is 0 Å². The fourth-order valence-electron chi connectivity index (χ4n) is 3.15. The molecule has 166 valence electrons. The van der Waals surface area contributed by atoms with E-state index in [1.807, 2.05) is 30.3 Å². The van der Waals surface area contributed by atoms with Gasteiger partial charge < -0.3 is 20.1 Å². The molecule has 8 heteroatoms. The van der Waals surface area contributed by atoms with Gasteiger partial charge in [-0.25, -0.2) is 0 Å². The number of benzene rings is 1. The van der Waals surface area contributed by atoms with Crippen LogP contribution >= 0.6 is 24.0 Å². The van der Waals surface area contributed by atoms with Crippen molar-refractivity contribution in [3.8, 4) is 0 Å². The van der Waals surface area contributed by atoms with Gasteiger partial charge in [-0.2, -0.15) is 0 Å². The minimum absolute atomic E-state index is 0. The van der Waals surface area contributed by atoms with Gasteiger partial charge in [-0.3, -0.25) is 9.79 Å². The molecule has 2 rings (SSSR count). The molecule has 2 aromatic rings. The van der Waals surface area contributed by atoms with Crippen molar-refractivity contribution in [2.24, 2.45) is 4.99 Å². The molecule has 0 aliphatic rings. The number of aromatic nitrogens is 1. The van der Waals surface area contributed by atoms with Crippen molar-refractivity contribution in [2.75, 3.05) is 27.7 Å². The second-order valence-electron chi connectivity index (χ2n) is 7.23. The molecule has 30 heavy (non-hydrogen) atoms. The molecule has 0 radical (unpaired) electrons. The lowest BCUT2D eigenvalue weighted by molar-refractivity contribution is 0.0827. The topological polar surface area (TPSA) is 82.8 Å². The highest BCUT2D eigenvalue weighted by molar-refractivity contribution is 14.0. The van der Waals surface area contributed by atoms with Crippen LogP contribution in [0.3, 0.4) is 0 Å². The Morgan fingerprint density at radius 3 is 2.57 bits per heavy atom. The van der Waals surface area contributed by atoms with Crippen LogP contribution in [-0.2, 0) is 13.0 Å². The number of guanidine groups is 1. The zero-order chi connectivity index (χ0) is 21.2. The largest absolute Gasteiger partial charge is 0.359 e. The summed E-state index contributed by atoms with van der Waals surface area (Å²) in [5.41, 5.74) is 2.82. The molecule has 1 aromatic carbocycles. The predicted molar refractivity (Wildman–Crippen MR) is 132 cm³/mol. The number of nitrogens with one attached hydrogen (secondary N) is 2. The van der Waals surface area contributed by atoms with Gasteiger partial charge in [0.25, 0.3) is 5.91 Å². The Bertz CT molecular complexity index is 815. The first kappa shape index (κ1) is 25.9. The number of rotatable bonds is 9. The third kappa shape index (κ3) is 7.62. The van der Waals surface area contributed by atoms with E-state index < -0.39 is 0 Å². The Balaban J connectivity index is 0.00000450. The summed E-state index contributed by atoms with van der Waals surface area (Å²) in [4.78, 5) is 17.9. The Hall–Kier alpha value is -2.10. The van der Waals surface area contributed by atoms with Crippen molar-refractivity contribution in [1.29, 1.82) is 0 Å². The van der Waals surface area contributed by atoms with Gasteiger partial charge in [-0.1, -0.05) is 31.1 Å². The minimum atomic E-state index is 0. The minimum Gasteiger partial charge on any atom is -0.359 e. The predicted octanol–water partition coefficient (Wildman–Crippen LogP) is 3.81. The second-order valence-corrected chi connectivity index (χ2v) is 7.23. The average Bonchev–Trinajstić information content (AvgIpc) is 3.19. The molecule has 0 aliphatic carbocycles. The van der Waals surface area contributed by atoms with Crippen LogP contribution in [0.1, 0.15) is 60.0 Å². The summed E-state index contributed by atoms with van der Waals surface area (Å²) in [6.07, 6.45) is 2.90. The highest BCUT2D eigenvalue weighted by Crippen LogP contribution is 2.22. The molecule has 0 spiro atoms. The van der Waals surface area contributed by atoms with Crippen molar-refractivity contribution < 1.29 is 9.32 Å². The van der Waals surface area contributed by atoms with Crippen LogP contribution in [0, 0.1) is 0 Å². The Labute approximate surface area is 196 Å². The number of amides is 1. The van der Waals surface area contributed by atoms with Crippen LogP contribution in [-0.4, -0.2) is 49.6 Å². The zero-order valence-corrected chi connectivity index (χ0v) is 20.9. The number of hydrogen-bond acceptors (Lipinski definition) is 4. The molecule has 1 heterocycles. The molecule has 2 N–H and O–H groups in total.